The van der Waals surface area contributed by atoms with Gasteiger partial charge < -0.3 is 9.63 Å². The predicted molar refractivity (Wildman–Crippen MR) is 68.2 cm³/mol. The highest BCUT2D eigenvalue weighted by atomic mass is 32.1. The van der Waals surface area contributed by atoms with Crippen LogP contribution >= 0.6 is 11.3 Å². The maximum atomic E-state index is 9.54. The molecule has 18 heavy (non-hydrogen) atoms. The van der Waals surface area contributed by atoms with E-state index in [-0.39, 0.29) is 12.1 Å². The van der Waals surface area contributed by atoms with E-state index in [1.54, 1.807) is 11.3 Å². The monoisotopic (exact) mass is 265 g/mol. The van der Waals surface area contributed by atoms with Gasteiger partial charge in [-0.1, -0.05) is 11.2 Å². The predicted octanol–water partition coefficient (Wildman–Crippen LogP) is 1.93. The molecule has 0 bridgehead atoms. The Balaban J connectivity index is 1.77. The lowest BCUT2D eigenvalue weighted by atomic mass is 10.3. The number of thiophene rings is 1. The van der Waals surface area contributed by atoms with E-state index < -0.39 is 0 Å². The van der Waals surface area contributed by atoms with Crippen molar-refractivity contribution in [3.8, 4) is 10.7 Å². The highest BCUT2D eigenvalue weighted by molar-refractivity contribution is 7.13. The first-order valence-corrected chi connectivity index (χ1v) is 6.91. The number of aromatic nitrogens is 2. The van der Waals surface area contributed by atoms with Gasteiger partial charge in [0.1, 0.15) is 0 Å². The van der Waals surface area contributed by atoms with E-state index in [4.69, 9.17) is 4.52 Å². The van der Waals surface area contributed by atoms with E-state index in [1.807, 2.05) is 24.4 Å². The fourth-order valence-corrected chi connectivity index (χ4v) is 2.84. The number of β-amino-alcohol motifs (C(OH)–C–C–N with tert-alkyl or cyclic N) is 1. The van der Waals surface area contributed by atoms with Crippen molar-refractivity contribution < 1.29 is 9.63 Å². The summed E-state index contributed by atoms with van der Waals surface area (Å²) in [6, 6.07) is 4.00. The summed E-state index contributed by atoms with van der Waals surface area (Å²) < 4.78 is 5.32. The van der Waals surface area contributed by atoms with Gasteiger partial charge in [0.15, 0.2) is 0 Å². The summed E-state index contributed by atoms with van der Waals surface area (Å²) in [7, 11) is 0. The Morgan fingerprint density at radius 2 is 2.50 bits per heavy atom. The van der Waals surface area contributed by atoms with Gasteiger partial charge in [-0.15, -0.1) is 11.3 Å². The van der Waals surface area contributed by atoms with Crippen LogP contribution in [-0.4, -0.2) is 39.3 Å². The van der Waals surface area contributed by atoms with Gasteiger partial charge in [-0.05, 0) is 24.8 Å². The first-order valence-electron chi connectivity index (χ1n) is 6.03. The molecule has 2 aromatic rings. The molecule has 0 aliphatic carbocycles. The number of aliphatic hydroxyl groups is 1. The van der Waals surface area contributed by atoms with Crippen LogP contribution in [-0.2, 0) is 0 Å². The molecule has 96 valence electrons. The molecule has 0 saturated carbocycles. The minimum atomic E-state index is -0.230. The van der Waals surface area contributed by atoms with Crippen molar-refractivity contribution in [3.05, 3.63) is 23.4 Å². The van der Waals surface area contributed by atoms with Crippen LogP contribution in [0.5, 0.6) is 0 Å². The van der Waals surface area contributed by atoms with Crippen molar-refractivity contribution >= 4 is 11.3 Å². The summed E-state index contributed by atoms with van der Waals surface area (Å²) in [6.07, 6.45) is 0.586. The fraction of sp³-hybridized carbons (Fsp3) is 0.500. The molecule has 1 saturated heterocycles. The van der Waals surface area contributed by atoms with Crippen molar-refractivity contribution in [2.45, 2.75) is 25.5 Å². The number of aliphatic hydroxyl groups excluding tert-OH is 1. The summed E-state index contributed by atoms with van der Waals surface area (Å²) in [5, 5.41) is 15.5. The summed E-state index contributed by atoms with van der Waals surface area (Å²) >= 11 is 1.60. The van der Waals surface area contributed by atoms with Crippen LogP contribution in [0.4, 0.5) is 0 Å². The molecular weight excluding hydrogens is 250 g/mol. The highest BCUT2D eigenvalue weighted by Gasteiger charge is 2.28. The fourth-order valence-electron chi connectivity index (χ4n) is 2.19. The minimum absolute atomic E-state index is 0.0587. The Labute approximate surface area is 109 Å². The van der Waals surface area contributed by atoms with Crippen molar-refractivity contribution in [1.82, 2.24) is 15.0 Å². The van der Waals surface area contributed by atoms with Crippen LogP contribution in [0.25, 0.3) is 10.7 Å². The van der Waals surface area contributed by atoms with Crippen LogP contribution in [0.2, 0.25) is 0 Å². The standard InChI is InChI=1S/C12H15N3O2S/c1-8(15-5-4-9(16)7-15)12-13-11(14-17-12)10-3-2-6-18-10/h2-3,6,8-9,16H,4-5,7H2,1H3/t8?,9-/m0/s1. The quantitative estimate of drug-likeness (QED) is 0.918. The maximum absolute atomic E-state index is 9.54. The molecule has 3 rings (SSSR count). The van der Waals surface area contributed by atoms with Crippen LogP contribution in [0, 0.1) is 0 Å². The maximum Gasteiger partial charge on any atom is 0.244 e. The average Bonchev–Trinajstić information content (AvgIpc) is 3.09. The highest BCUT2D eigenvalue weighted by Crippen LogP contribution is 2.27. The Morgan fingerprint density at radius 3 is 3.17 bits per heavy atom. The zero-order valence-electron chi connectivity index (χ0n) is 10.1. The van der Waals surface area contributed by atoms with Crippen LogP contribution in [0.1, 0.15) is 25.3 Å². The average molecular weight is 265 g/mol. The van der Waals surface area contributed by atoms with E-state index >= 15 is 0 Å². The molecule has 6 heteroatoms. The molecule has 1 fully saturated rings. The Hall–Kier alpha value is -1.24. The molecule has 2 atom stereocenters. The minimum Gasteiger partial charge on any atom is -0.392 e. The number of hydrogen-bond donors (Lipinski definition) is 1. The molecular formula is C12H15N3O2S. The summed E-state index contributed by atoms with van der Waals surface area (Å²) in [5.74, 6) is 1.26. The van der Waals surface area contributed by atoms with Gasteiger partial charge in [-0.25, -0.2) is 0 Å². The SMILES string of the molecule is CC(c1nc(-c2cccs2)no1)N1CC[C@H](O)C1. The van der Waals surface area contributed by atoms with Crippen molar-refractivity contribution in [2.24, 2.45) is 0 Å². The molecule has 3 heterocycles. The zero-order chi connectivity index (χ0) is 12.5. The number of rotatable bonds is 3. The third-order valence-electron chi connectivity index (χ3n) is 3.28. The molecule has 1 aliphatic heterocycles. The lowest BCUT2D eigenvalue weighted by Crippen LogP contribution is -2.25. The van der Waals surface area contributed by atoms with Gasteiger partial charge in [0, 0.05) is 13.1 Å². The van der Waals surface area contributed by atoms with Crippen molar-refractivity contribution in [2.75, 3.05) is 13.1 Å². The Kier molecular flexibility index (Phi) is 3.15. The molecule has 0 aromatic carbocycles. The molecule has 0 spiro atoms. The zero-order valence-corrected chi connectivity index (χ0v) is 10.9. The van der Waals surface area contributed by atoms with Gasteiger partial charge in [-0.2, -0.15) is 4.98 Å². The normalized spacial score (nSPS) is 22.4. The molecule has 1 unspecified atom stereocenters. The summed E-state index contributed by atoms with van der Waals surface area (Å²) in [4.78, 5) is 7.61. The second-order valence-electron chi connectivity index (χ2n) is 4.55. The number of likely N-dealkylation sites (tertiary alicyclic amines) is 1. The number of nitrogens with zero attached hydrogens (tertiary/aromatic N) is 3. The van der Waals surface area contributed by atoms with E-state index in [1.165, 1.54) is 0 Å². The van der Waals surface area contributed by atoms with Crippen LogP contribution < -0.4 is 0 Å². The molecule has 0 radical (unpaired) electrons. The van der Waals surface area contributed by atoms with Gasteiger partial charge in [0.05, 0.1) is 17.0 Å². The van der Waals surface area contributed by atoms with E-state index in [2.05, 4.69) is 15.0 Å². The number of hydrogen-bond acceptors (Lipinski definition) is 6. The van der Waals surface area contributed by atoms with Gasteiger partial charge >= 0.3 is 0 Å². The lowest BCUT2D eigenvalue weighted by molar-refractivity contribution is 0.151. The summed E-state index contributed by atoms with van der Waals surface area (Å²) in [5.41, 5.74) is 0. The van der Waals surface area contributed by atoms with Gasteiger partial charge in [-0.3, -0.25) is 4.90 Å². The van der Waals surface area contributed by atoms with Gasteiger partial charge in [0.25, 0.3) is 0 Å². The Bertz CT molecular complexity index is 511. The topological polar surface area (TPSA) is 62.4 Å². The van der Waals surface area contributed by atoms with Crippen LogP contribution in [0.3, 0.4) is 0 Å². The molecule has 0 amide bonds. The Morgan fingerprint density at radius 1 is 1.61 bits per heavy atom. The molecule has 1 aliphatic rings. The lowest BCUT2D eigenvalue weighted by Gasteiger charge is -2.19. The van der Waals surface area contributed by atoms with Crippen molar-refractivity contribution in [1.29, 1.82) is 0 Å². The van der Waals surface area contributed by atoms with E-state index in [9.17, 15) is 5.11 Å². The van der Waals surface area contributed by atoms with Crippen molar-refractivity contribution in [3.63, 3.8) is 0 Å². The first-order chi connectivity index (χ1) is 8.74. The van der Waals surface area contributed by atoms with E-state index in [0.29, 0.717) is 18.3 Å². The third-order valence-corrected chi connectivity index (χ3v) is 4.15. The van der Waals surface area contributed by atoms with Gasteiger partial charge in [0.2, 0.25) is 11.7 Å². The summed E-state index contributed by atoms with van der Waals surface area (Å²) in [6.45, 7) is 3.58. The molecule has 1 N–H and O–H groups in total. The second-order valence-corrected chi connectivity index (χ2v) is 5.49. The largest absolute Gasteiger partial charge is 0.392 e. The van der Waals surface area contributed by atoms with Crippen LogP contribution in [0.15, 0.2) is 22.0 Å². The molecule has 5 nitrogen and oxygen atoms in total. The van der Waals surface area contributed by atoms with E-state index in [0.717, 1.165) is 17.8 Å². The third kappa shape index (κ3) is 2.19. The smallest absolute Gasteiger partial charge is 0.244 e. The second kappa shape index (κ2) is 4.79. The molecule has 2 aromatic heterocycles. The first kappa shape index (κ1) is 11.8.